The lowest BCUT2D eigenvalue weighted by atomic mass is 9.40. The van der Waals surface area contributed by atoms with E-state index in [2.05, 4.69) is 0 Å². The molecule has 4 amide bonds. The Morgan fingerprint density at radius 2 is 0.882 bits per heavy atom. The smallest absolute Gasteiger partial charge is 0.238 e. The summed E-state index contributed by atoms with van der Waals surface area (Å²) >= 11 is 0. The van der Waals surface area contributed by atoms with Gasteiger partial charge in [0, 0.05) is 0 Å². The number of allylic oxidation sites excluding steroid dienone is 2. The van der Waals surface area contributed by atoms with E-state index in [0.717, 1.165) is 9.80 Å². The topological polar surface area (TPSA) is 115 Å². The molecule has 4 aliphatic carbocycles. The van der Waals surface area contributed by atoms with Crippen LogP contribution in [0.2, 0.25) is 0 Å². The summed E-state index contributed by atoms with van der Waals surface area (Å²) in [6.07, 6.45) is 3.87. The minimum absolute atomic E-state index is 0.143. The van der Waals surface area contributed by atoms with E-state index in [4.69, 9.17) is 0 Å². The van der Waals surface area contributed by atoms with E-state index in [1.165, 1.54) is 12.1 Å². The highest BCUT2D eigenvalue weighted by Gasteiger charge is 2.75. The second-order valence-corrected chi connectivity index (χ2v) is 9.80. The predicted octanol–water partition coefficient (Wildman–Crippen LogP) is 2.07. The number of nitrogens with zero attached hydrogens (tertiary/aromatic N) is 2. The lowest BCUT2D eigenvalue weighted by Crippen LogP contribution is -2.63. The molecule has 0 spiro atoms. The predicted molar refractivity (Wildman–Crippen MR) is 118 cm³/mol. The minimum atomic E-state index is -0.619. The minimum Gasteiger partial charge on any atom is -0.506 e. The number of phenolic OH excluding ortho intramolecular Hbond substituents is 2. The third-order valence-corrected chi connectivity index (χ3v) is 8.59. The molecule has 6 aliphatic rings. The van der Waals surface area contributed by atoms with Crippen molar-refractivity contribution in [3.63, 3.8) is 0 Å². The first-order chi connectivity index (χ1) is 16.4. The molecule has 2 bridgehead atoms. The number of hydrogen-bond acceptors (Lipinski definition) is 6. The van der Waals surface area contributed by atoms with Gasteiger partial charge >= 0.3 is 0 Å². The number of rotatable bonds is 2. The molecule has 8 rings (SSSR count). The number of phenols is 2. The van der Waals surface area contributed by atoms with Crippen LogP contribution < -0.4 is 9.80 Å². The number of benzene rings is 2. The van der Waals surface area contributed by atoms with Crippen molar-refractivity contribution in [2.75, 3.05) is 9.80 Å². The fraction of sp³-hybridized carbons (Fsp3) is 0.308. The van der Waals surface area contributed by atoms with Crippen molar-refractivity contribution in [2.45, 2.75) is 0 Å². The van der Waals surface area contributed by atoms with Crippen LogP contribution >= 0.6 is 0 Å². The number of carbonyl (C=O) groups excluding carboxylic acids is 4. The van der Waals surface area contributed by atoms with Crippen molar-refractivity contribution in [3.05, 3.63) is 60.7 Å². The van der Waals surface area contributed by atoms with E-state index in [1.54, 1.807) is 36.4 Å². The summed E-state index contributed by atoms with van der Waals surface area (Å²) in [4.78, 5) is 56.0. The van der Waals surface area contributed by atoms with E-state index in [-0.39, 0.29) is 70.2 Å². The molecule has 4 fully saturated rings. The van der Waals surface area contributed by atoms with Crippen molar-refractivity contribution >= 4 is 35.0 Å². The normalized spacial score (nSPS) is 37.1. The molecule has 2 saturated carbocycles. The Kier molecular flexibility index (Phi) is 3.64. The molecule has 170 valence electrons. The zero-order valence-corrected chi connectivity index (χ0v) is 17.8. The average molecular weight is 456 g/mol. The third-order valence-electron chi connectivity index (χ3n) is 8.59. The summed E-state index contributed by atoms with van der Waals surface area (Å²) in [6, 6.07) is 12.5. The summed E-state index contributed by atoms with van der Waals surface area (Å²) in [5.74, 6) is -5.23. The molecule has 0 unspecified atom stereocenters. The van der Waals surface area contributed by atoms with Crippen molar-refractivity contribution in [2.24, 2.45) is 47.3 Å². The molecule has 2 heterocycles. The van der Waals surface area contributed by atoms with Crippen LogP contribution in [0, 0.1) is 47.3 Å². The van der Waals surface area contributed by atoms with Crippen molar-refractivity contribution in [3.8, 4) is 11.5 Å². The van der Waals surface area contributed by atoms with E-state index >= 15 is 0 Å². The Labute approximate surface area is 194 Å². The molecule has 2 aromatic carbocycles. The Balaban J connectivity index is 1.27. The zero-order valence-electron chi connectivity index (χ0n) is 17.8. The maximum atomic E-state index is 13.5. The van der Waals surface area contributed by atoms with E-state index in [0.29, 0.717) is 0 Å². The number of imide groups is 2. The molecule has 8 atom stereocenters. The highest BCUT2D eigenvalue weighted by Crippen LogP contribution is 2.68. The molecule has 0 radical (unpaired) electrons. The van der Waals surface area contributed by atoms with Crippen LogP contribution in [0.15, 0.2) is 60.7 Å². The first-order valence-electron chi connectivity index (χ1n) is 11.4. The summed E-state index contributed by atoms with van der Waals surface area (Å²) in [7, 11) is 0. The largest absolute Gasteiger partial charge is 0.506 e. The standard InChI is InChI=1S/C26H20N2O6/c29-15-7-3-1-5-13(15)27-23(31)19-11-9-10-12(20(19)24(27)32)18-17(11)21-22(18)26(34)28(25(21)33)14-6-2-4-8-16(14)30/h1-12,17-22,29-30H/t11-,12+,17-,18-,19+,20-,21+,22-/m0/s1. The van der Waals surface area contributed by atoms with Gasteiger partial charge in [0.2, 0.25) is 23.6 Å². The van der Waals surface area contributed by atoms with Gasteiger partial charge < -0.3 is 10.2 Å². The van der Waals surface area contributed by atoms with Crippen LogP contribution in [0.3, 0.4) is 0 Å². The maximum absolute atomic E-state index is 13.5. The van der Waals surface area contributed by atoms with E-state index in [1.807, 2.05) is 12.2 Å². The van der Waals surface area contributed by atoms with Gasteiger partial charge in [0.25, 0.3) is 0 Å². The van der Waals surface area contributed by atoms with E-state index in [9.17, 15) is 29.4 Å². The second kappa shape index (κ2) is 6.34. The highest BCUT2D eigenvalue weighted by atomic mass is 16.3. The molecule has 34 heavy (non-hydrogen) atoms. The van der Waals surface area contributed by atoms with Gasteiger partial charge in [0.1, 0.15) is 11.5 Å². The molecular formula is C26H20N2O6. The van der Waals surface area contributed by atoms with Crippen LogP contribution in [-0.4, -0.2) is 33.8 Å². The molecular weight excluding hydrogens is 436 g/mol. The highest BCUT2D eigenvalue weighted by molar-refractivity contribution is 6.25. The number of anilines is 2. The van der Waals surface area contributed by atoms with Crippen molar-refractivity contribution < 1.29 is 29.4 Å². The molecule has 8 heteroatoms. The van der Waals surface area contributed by atoms with Gasteiger partial charge in [-0.2, -0.15) is 0 Å². The molecule has 2 N–H and O–H groups in total. The SMILES string of the molecule is O=C1[C@@H]2[C@H]3C=C[C@@H]([C@@H]2C(=O)N1c1ccccc1O)[C@@H]1[C@@H]2C(=O)N(c4ccccc4O)C(=O)[C@@H]2[C@@H]31. The van der Waals surface area contributed by atoms with E-state index < -0.39 is 23.7 Å². The number of hydrogen-bond donors (Lipinski definition) is 2. The maximum Gasteiger partial charge on any atom is 0.238 e. The first kappa shape index (κ1) is 19.5. The van der Waals surface area contributed by atoms with Gasteiger partial charge in [-0.3, -0.25) is 19.2 Å². The quantitative estimate of drug-likeness (QED) is 0.528. The Morgan fingerprint density at radius 3 is 1.26 bits per heavy atom. The van der Waals surface area contributed by atoms with Crippen LogP contribution in [0.25, 0.3) is 0 Å². The molecule has 2 saturated heterocycles. The number of aromatic hydroxyl groups is 2. The number of para-hydroxylation sites is 4. The lowest BCUT2D eigenvalue weighted by Gasteiger charge is -2.60. The van der Waals surface area contributed by atoms with Crippen LogP contribution in [-0.2, 0) is 19.2 Å². The monoisotopic (exact) mass is 456 g/mol. The van der Waals surface area contributed by atoms with Crippen molar-refractivity contribution in [1.82, 2.24) is 0 Å². The number of fused-ring (bicyclic) bond motifs is 1. The summed E-state index contributed by atoms with van der Waals surface area (Å²) in [5.41, 5.74) is 0.332. The summed E-state index contributed by atoms with van der Waals surface area (Å²) < 4.78 is 0. The molecule has 2 aromatic rings. The number of amides is 4. The fourth-order valence-corrected chi connectivity index (χ4v) is 7.38. The molecule has 0 aromatic heterocycles. The second-order valence-electron chi connectivity index (χ2n) is 9.80. The van der Waals surface area contributed by atoms with Crippen LogP contribution in [0.5, 0.6) is 11.5 Å². The Morgan fingerprint density at radius 1 is 0.529 bits per heavy atom. The zero-order chi connectivity index (χ0) is 23.5. The average Bonchev–Trinajstić information content (AvgIpc) is 3.19. The Bertz CT molecular complexity index is 1290. The Hall–Kier alpha value is -3.94. The molecule has 8 nitrogen and oxygen atoms in total. The third kappa shape index (κ3) is 2.09. The first-order valence-corrected chi connectivity index (χ1v) is 11.4. The number of carbonyl (C=O) groups is 4. The van der Waals surface area contributed by atoms with Crippen LogP contribution in [0.4, 0.5) is 11.4 Å². The van der Waals surface area contributed by atoms with Crippen molar-refractivity contribution in [1.29, 1.82) is 0 Å². The fourth-order valence-electron chi connectivity index (χ4n) is 7.38. The van der Waals surface area contributed by atoms with Gasteiger partial charge in [-0.15, -0.1) is 0 Å². The van der Waals surface area contributed by atoms with Gasteiger partial charge in [0.15, 0.2) is 0 Å². The summed E-state index contributed by atoms with van der Waals surface area (Å²) in [6.45, 7) is 0. The van der Waals surface area contributed by atoms with Gasteiger partial charge in [-0.25, -0.2) is 9.80 Å². The van der Waals surface area contributed by atoms with Crippen LogP contribution in [0.1, 0.15) is 0 Å². The summed E-state index contributed by atoms with van der Waals surface area (Å²) in [5, 5.41) is 20.5. The van der Waals surface area contributed by atoms with Gasteiger partial charge in [-0.05, 0) is 47.9 Å². The van der Waals surface area contributed by atoms with Gasteiger partial charge in [0.05, 0.1) is 35.0 Å². The van der Waals surface area contributed by atoms with Gasteiger partial charge in [-0.1, -0.05) is 36.4 Å². The lowest BCUT2D eigenvalue weighted by molar-refractivity contribution is -0.166. The molecule has 2 aliphatic heterocycles.